The van der Waals surface area contributed by atoms with E-state index in [9.17, 15) is 8.78 Å². The predicted octanol–water partition coefficient (Wildman–Crippen LogP) is 6.02. The zero-order chi connectivity index (χ0) is 21.8. The first-order valence-corrected chi connectivity index (χ1v) is 10.0. The summed E-state index contributed by atoms with van der Waals surface area (Å²) in [4.78, 5) is 6.72. The molecule has 0 unspecified atom stereocenters. The topological polar surface area (TPSA) is 30.3 Å². The molecule has 1 aromatic heterocycles. The van der Waals surface area contributed by atoms with Gasteiger partial charge in [-0.15, -0.1) is 0 Å². The van der Waals surface area contributed by atoms with Crippen molar-refractivity contribution in [2.75, 3.05) is 11.9 Å². The van der Waals surface area contributed by atoms with Gasteiger partial charge in [0.2, 0.25) is 0 Å². The van der Waals surface area contributed by atoms with Crippen molar-refractivity contribution in [3.05, 3.63) is 107 Å². The molecule has 0 radical (unpaired) electrons. The maximum Gasteiger partial charge on any atom is 0.133 e. The standard InChI is InChI=1S/C24H20ClF2N3O/c1-29(21-10-4-18(26)5-11-21)15-24-28-20(16-31-23-12-6-19(27)7-13-23)14-30(24)22-8-2-17(25)3-9-22/h2-14H,15-16H2,1H3. The van der Waals surface area contributed by atoms with Crippen LogP contribution in [-0.2, 0) is 13.2 Å². The van der Waals surface area contributed by atoms with Crippen molar-refractivity contribution in [2.45, 2.75) is 13.2 Å². The average molecular weight is 440 g/mol. The molecule has 7 heteroatoms. The zero-order valence-corrected chi connectivity index (χ0v) is 17.6. The molecular formula is C24H20ClF2N3O. The highest BCUT2D eigenvalue weighted by Gasteiger charge is 2.13. The van der Waals surface area contributed by atoms with E-state index in [0.717, 1.165) is 22.9 Å². The van der Waals surface area contributed by atoms with Crippen molar-refractivity contribution >= 4 is 17.3 Å². The third kappa shape index (κ3) is 5.22. The Morgan fingerprint density at radius 2 is 1.52 bits per heavy atom. The van der Waals surface area contributed by atoms with E-state index in [0.29, 0.717) is 17.3 Å². The molecular weight excluding hydrogens is 420 g/mol. The summed E-state index contributed by atoms with van der Waals surface area (Å²) in [6, 6.07) is 19.6. The van der Waals surface area contributed by atoms with Crippen molar-refractivity contribution < 1.29 is 13.5 Å². The molecule has 31 heavy (non-hydrogen) atoms. The summed E-state index contributed by atoms with van der Waals surface area (Å²) in [5, 5.41) is 0.647. The summed E-state index contributed by atoms with van der Waals surface area (Å²) in [6.45, 7) is 0.726. The van der Waals surface area contributed by atoms with Gasteiger partial charge in [-0.25, -0.2) is 13.8 Å². The Morgan fingerprint density at radius 1 is 0.903 bits per heavy atom. The van der Waals surface area contributed by atoms with E-state index in [1.54, 1.807) is 24.3 Å². The van der Waals surface area contributed by atoms with Gasteiger partial charge in [0.25, 0.3) is 0 Å². The maximum atomic E-state index is 13.3. The molecule has 3 aromatic carbocycles. The molecule has 0 aliphatic carbocycles. The van der Waals surface area contributed by atoms with E-state index in [2.05, 4.69) is 0 Å². The van der Waals surface area contributed by atoms with Crippen molar-refractivity contribution in [3.8, 4) is 11.4 Å². The van der Waals surface area contributed by atoms with Crippen LogP contribution >= 0.6 is 11.6 Å². The smallest absolute Gasteiger partial charge is 0.133 e. The Bertz CT molecular complexity index is 1140. The molecule has 0 bridgehead atoms. The number of aromatic nitrogens is 2. The molecule has 0 N–H and O–H groups in total. The molecule has 0 saturated heterocycles. The van der Waals surface area contributed by atoms with E-state index in [4.69, 9.17) is 21.3 Å². The number of anilines is 1. The van der Waals surface area contributed by atoms with Gasteiger partial charge in [-0.05, 0) is 72.8 Å². The van der Waals surface area contributed by atoms with E-state index in [1.807, 2.05) is 47.0 Å². The van der Waals surface area contributed by atoms with Crippen LogP contribution in [0.1, 0.15) is 11.5 Å². The lowest BCUT2D eigenvalue weighted by Gasteiger charge is -2.19. The van der Waals surface area contributed by atoms with Gasteiger partial charge in [-0.2, -0.15) is 0 Å². The quantitative estimate of drug-likeness (QED) is 0.353. The summed E-state index contributed by atoms with van der Waals surface area (Å²) >= 11 is 6.04. The van der Waals surface area contributed by atoms with Crippen LogP contribution in [0.2, 0.25) is 5.02 Å². The largest absolute Gasteiger partial charge is 0.487 e. The highest BCUT2D eigenvalue weighted by molar-refractivity contribution is 6.30. The summed E-state index contributed by atoms with van der Waals surface area (Å²) < 4.78 is 34.1. The maximum absolute atomic E-state index is 13.3. The minimum absolute atomic E-state index is 0.236. The van der Waals surface area contributed by atoms with Crippen molar-refractivity contribution in [2.24, 2.45) is 0 Å². The van der Waals surface area contributed by atoms with Gasteiger partial charge in [-0.3, -0.25) is 0 Å². The first-order valence-electron chi connectivity index (χ1n) is 9.66. The van der Waals surface area contributed by atoms with Gasteiger partial charge in [0.15, 0.2) is 0 Å². The molecule has 0 fully saturated rings. The molecule has 0 saturated carbocycles. The molecule has 0 aliphatic rings. The molecule has 0 amide bonds. The van der Waals surface area contributed by atoms with Gasteiger partial charge in [-0.1, -0.05) is 11.6 Å². The Hall–Kier alpha value is -3.38. The van der Waals surface area contributed by atoms with Crippen LogP contribution in [0.15, 0.2) is 79.0 Å². The van der Waals surface area contributed by atoms with Crippen molar-refractivity contribution in [1.29, 1.82) is 0 Å². The number of ether oxygens (including phenoxy) is 1. The van der Waals surface area contributed by atoms with Crippen LogP contribution in [0.25, 0.3) is 5.69 Å². The number of imidazole rings is 1. The minimum atomic E-state index is -0.314. The number of nitrogens with zero attached hydrogens (tertiary/aromatic N) is 3. The second-order valence-corrected chi connectivity index (χ2v) is 7.51. The first-order chi connectivity index (χ1) is 15.0. The van der Waals surface area contributed by atoms with Gasteiger partial charge in [0.1, 0.15) is 29.8 Å². The summed E-state index contributed by atoms with van der Waals surface area (Å²) in [5.74, 6) is 0.754. The average Bonchev–Trinajstić information content (AvgIpc) is 3.17. The Kier molecular flexibility index (Phi) is 6.18. The van der Waals surface area contributed by atoms with Crippen LogP contribution in [0.5, 0.6) is 5.75 Å². The summed E-state index contributed by atoms with van der Waals surface area (Å²) in [5.41, 5.74) is 2.50. The molecule has 4 nitrogen and oxygen atoms in total. The number of rotatable bonds is 7. The lowest BCUT2D eigenvalue weighted by Crippen LogP contribution is -2.19. The zero-order valence-electron chi connectivity index (χ0n) is 16.8. The van der Waals surface area contributed by atoms with Crippen LogP contribution in [0.3, 0.4) is 0 Å². The lowest BCUT2D eigenvalue weighted by atomic mass is 10.3. The Morgan fingerprint density at radius 3 is 2.16 bits per heavy atom. The normalized spacial score (nSPS) is 10.8. The van der Waals surface area contributed by atoms with Crippen LogP contribution in [-0.4, -0.2) is 16.6 Å². The number of halogens is 3. The van der Waals surface area contributed by atoms with Crippen molar-refractivity contribution in [1.82, 2.24) is 9.55 Å². The molecule has 4 aromatic rings. The number of hydrogen-bond acceptors (Lipinski definition) is 3. The van der Waals surface area contributed by atoms with Gasteiger partial charge < -0.3 is 14.2 Å². The molecule has 0 aliphatic heterocycles. The number of hydrogen-bond donors (Lipinski definition) is 0. The molecule has 158 valence electrons. The lowest BCUT2D eigenvalue weighted by molar-refractivity contribution is 0.301. The fourth-order valence-corrected chi connectivity index (χ4v) is 3.29. The van der Waals surface area contributed by atoms with Gasteiger partial charge >= 0.3 is 0 Å². The second-order valence-electron chi connectivity index (χ2n) is 7.07. The van der Waals surface area contributed by atoms with Gasteiger partial charge in [0, 0.05) is 29.6 Å². The molecule has 0 spiro atoms. The van der Waals surface area contributed by atoms with Gasteiger partial charge in [0.05, 0.1) is 12.2 Å². The third-order valence-electron chi connectivity index (χ3n) is 4.78. The Labute approximate surface area is 184 Å². The summed E-state index contributed by atoms with van der Waals surface area (Å²) in [7, 11) is 1.92. The third-order valence-corrected chi connectivity index (χ3v) is 5.03. The highest BCUT2D eigenvalue weighted by Crippen LogP contribution is 2.21. The van der Waals surface area contributed by atoms with Crippen LogP contribution in [0, 0.1) is 11.6 Å². The van der Waals surface area contributed by atoms with E-state index in [1.165, 1.54) is 24.3 Å². The predicted molar refractivity (Wildman–Crippen MR) is 118 cm³/mol. The molecule has 4 rings (SSSR count). The van der Waals surface area contributed by atoms with E-state index < -0.39 is 0 Å². The summed E-state index contributed by atoms with van der Waals surface area (Å²) in [6.07, 6.45) is 1.90. The van der Waals surface area contributed by atoms with Crippen LogP contribution < -0.4 is 9.64 Å². The minimum Gasteiger partial charge on any atom is -0.487 e. The first kappa shape index (κ1) is 20.9. The van der Waals surface area contributed by atoms with E-state index >= 15 is 0 Å². The molecule has 1 heterocycles. The van der Waals surface area contributed by atoms with E-state index in [-0.39, 0.29) is 18.2 Å². The fourth-order valence-electron chi connectivity index (χ4n) is 3.17. The fraction of sp³-hybridized carbons (Fsp3) is 0.125. The highest BCUT2D eigenvalue weighted by atomic mass is 35.5. The second kappa shape index (κ2) is 9.18. The Balaban J connectivity index is 1.59. The molecule has 0 atom stereocenters. The SMILES string of the molecule is CN(Cc1nc(COc2ccc(F)cc2)cn1-c1ccc(Cl)cc1)c1ccc(F)cc1. The van der Waals surface area contributed by atoms with Crippen LogP contribution in [0.4, 0.5) is 14.5 Å². The number of benzene rings is 3. The monoisotopic (exact) mass is 439 g/mol. The van der Waals surface area contributed by atoms with Crippen molar-refractivity contribution in [3.63, 3.8) is 0 Å².